The van der Waals surface area contributed by atoms with Crippen LogP contribution in [0.1, 0.15) is 12.8 Å². The van der Waals surface area contributed by atoms with Crippen LogP contribution in [0.5, 0.6) is 0 Å². The summed E-state index contributed by atoms with van der Waals surface area (Å²) >= 11 is 0. The molecule has 0 spiro atoms. The number of hydrogen-bond donors (Lipinski definition) is 0. The molecule has 0 aliphatic carbocycles. The van der Waals surface area contributed by atoms with E-state index in [1.165, 1.54) is 18.9 Å². The summed E-state index contributed by atoms with van der Waals surface area (Å²) in [5, 5.41) is 0. The van der Waals surface area contributed by atoms with Crippen LogP contribution in [0.2, 0.25) is 6.04 Å². The van der Waals surface area contributed by atoms with Crippen LogP contribution in [-0.4, -0.2) is 42.8 Å². The van der Waals surface area contributed by atoms with E-state index < -0.39 is 0 Å². The third kappa shape index (κ3) is 5.71. The second-order valence-corrected chi connectivity index (χ2v) is 4.78. The molecule has 1 saturated heterocycles. The van der Waals surface area contributed by atoms with Crippen molar-refractivity contribution in [1.29, 1.82) is 0 Å². The zero-order valence-corrected chi connectivity index (χ0v) is 9.17. The molecule has 4 heteroatoms. The van der Waals surface area contributed by atoms with Crippen molar-refractivity contribution in [2.75, 3.05) is 26.9 Å². The molecular formula is C8H18O3Si. The van der Waals surface area contributed by atoms with Gasteiger partial charge in [0.1, 0.15) is 6.10 Å². The van der Waals surface area contributed by atoms with Gasteiger partial charge in [-0.2, -0.15) is 0 Å². The van der Waals surface area contributed by atoms with E-state index in [1.54, 1.807) is 7.11 Å². The summed E-state index contributed by atoms with van der Waals surface area (Å²) in [6.07, 6.45) is 2.84. The molecular weight excluding hydrogens is 172 g/mol. The Bertz CT molecular complexity index is 106. The van der Waals surface area contributed by atoms with Crippen LogP contribution in [-0.2, 0) is 13.9 Å². The van der Waals surface area contributed by atoms with Crippen molar-refractivity contribution in [3.8, 4) is 0 Å². The van der Waals surface area contributed by atoms with E-state index in [0.29, 0.717) is 6.10 Å². The maximum Gasteiger partial charge on any atom is 0.161 e. The van der Waals surface area contributed by atoms with Crippen LogP contribution in [0.15, 0.2) is 0 Å². The molecule has 0 amide bonds. The Morgan fingerprint density at radius 2 is 2.33 bits per heavy atom. The van der Waals surface area contributed by atoms with Crippen molar-refractivity contribution in [2.45, 2.75) is 25.0 Å². The Morgan fingerprint density at radius 1 is 1.50 bits per heavy atom. The van der Waals surface area contributed by atoms with Crippen molar-refractivity contribution >= 4 is 9.76 Å². The summed E-state index contributed by atoms with van der Waals surface area (Å²) < 4.78 is 15.5. The number of epoxide rings is 1. The van der Waals surface area contributed by atoms with Gasteiger partial charge in [-0.3, -0.25) is 0 Å². The van der Waals surface area contributed by atoms with Gasteiger partial charge in [-0.05, 0) is 12.5 Å². The van der Waals surface area contributed by atoms with Gasteiger partial charge in [0.25, 0.3) is 0 Å². The third-order valence-corrected chi connectivity index (χ3v) is 3.04. The van der Waals surface area contributed by atoms with Crippen molar-refractivity contribution in [3.63, 3.8) is 0 Å². The largest absolute Gasteiger partial charge is 0.427 e. The zero-order valence-electron chi connectivity index (χ0n) is 7.75. The first kappa shape index (κ1) is 10.2. The number of unbranched alkanes of at least 4 members (excludes halogenated alkanes) is 1. The molecule has 72 valence electrons. The first-order valence-electron chi connectivity index (χ1n) is 4.62. The van der Waals surface area contributed by atoms with Gasteiger partial charge in [-0.25, -0.2) is 0 Å². The molecule has 0 aromatic rings. The lowest BCUT2D eigenvalue weighted by Crippen LogP contribution is -2.03. The molecule has 1 aliphatic heterocycles. The average molecular weight is 190 g/mol. The summed E-state index contributed by atoms with van der Waals surface area (Å²) in [6, 6.07) is 1.28. The highest BCUT2D eigenvalue weighted by molar-refractivity contribution is 6.26. The summed E-state index contributed by atoms with van der Waals surface area (Å²) in [7, 11) is 1.60. The van der Waals surface area contributed by atoms with Crippen LogP contribution in [0, 0.1) is 0 Å². The van der Waals surface area contributed by atoms with Gasteiger partial charge in [0, 0.05) is 13.7 Å². The fourth-order valence-electron chi connectivity index (χ4n) is 1.01. The summed E-state index contributed by atoms with van der Waals surface area (Å²) in [5.41, 5.74) is 0. The second-order valence-electron chi connectivity index (χ2n) is 3.08. The average Bonchev–Trinajstić information content (AvgIpc) is 2.87. The van der Waals surface area contributed by atoms with Crippen molar-refractivity contribution in [1.82, 2.24) is 0 Å². The monoisotopic (exact) mass is 190 g/mol. The fraction of sp³-hybridized carbons (Fsp3) is 1.00. The Morgan fingerprint density at radius 3 is 3.00 bits per heavy atom. The minimum atomic E-state index is -0.196. The van der Waals surface area contributed by atoms with E-state index in [2.05, 4.69) is 0 Å². The predicted molar refractivity (Wildman–Crippen MR) is 50.2 cm³/mol. The standard InChI is InChI=1S/C8H18O3Si/c1-9-12-5-3-2-4-10-6-8-7-11-8/h8H,2-7,12H2,1H3. The topological polar surface area (TPSA) is 31.0 Å². The van der Waals surface area contributed by atoms with E-state index in [-0.39, 0.29) is 9.76 Å². The summed E-state index contributed by atoms with van der Waals surface area (Å²) in [6.45, 7) is 2.58. The lowest BCUT2D eigenvalue weighted by atomic mass is 10.3. The Labute approximate surface area is 76.3 Å². The molecule has 12 heavy (non-hydrogen) atoms. The first-order valence-corrected chi connectivity index (χ1v) is 6.19. The Hall–Kier alpha value is 0.0969. The van der Waals surface area contributed by atoms with E-state index in [1.807, 2.05) is 0 Å². The van der Waals surface area contributed by atoms with Gasteiger partial charge in [0.15, 0.2) is 9.76 Å². The van der Waals surface area contributed by atoms with Crippen LogP contribution in [0.4, 0.5) is 0 Å². The quantitative estimate of drug-likeness (QED) is 0.314. The molecule has 1 fully saturated rings. The summed E-state index contributed by atoms with van der Waals surface area (Å²) in [4.78, 5) is 0. The van der Waals surface area contributed by atoms with Crippen molar-refractivity contribution in [2.24, 2.45) is 0 Å². The molecule has 0 aromatic carbocycles. The van der Waals surface area contributed by atoms with Gasteiger partial charge in [-0.15, -0.1) is 0 Å². The van der Waals surface area contributed by atoms with Gasteiger partial charge in [0.05, 0.1) is 13.2 Å². The minimum Gasteiger partial charge on any atom is -0.427 e. The molecule has 1 heterocycles. The number of rotatable bonds is 8. The lowest BCUT2D eigenvalue weighted by Gasteiger charge is -2.01. The van der Waals surface area contributed by atoms with Gasteiger partial charge >= 0.3 is 0 Å². The van der Waals surface area contributed by atoms with Crippen molar-refractivity contribution < 1.29 is 13.9 Å². The molecule has 3 nitrogen and oxygen atoms in total. The molecule has 1 rings (SSSR count). The number of ether oxygens (including phenoxy) is 2. The van der Waals surface area contributed by atoms with Gasteiger partial charge in [-0.1, -0.05) is 6.42 Å². The maximum absolute atomic E-state index is 5.39. The molecule has 0 N–H and O–H groups in total. The second kappa shape index (κ2) is 6.60. The predicted octanol–water partition coefficient (Wildman–Crippen LogP) is 0.330. The smallest absolute Gasteiger partial charge is 0.161 e. The highest BCUT2D eigenvalue weighted by Gasteiger charge is 2.21. The molecule has 0 aromatic heterocycles. The molecule has 0 saturated carbocycles. The summed E-state index contributed by atoms with van der Waals surface area (Å²) in [5.74, 6) is 0. The van der Waals surface area contributed by atoms with E-state index in [0.717, 1.165) is 19.8 Å². The SMILES string of the molecule is CO[SiH2]CCCCOCC1CO1. The minimum absolute atomic E-state index is 0.196. The van der Waals surface area contributed by atoms with Gasteiger partial charge in [0.2, 0.25) is 0 Å². The highest BCUT2D eigenvalue weighted by Crippen LogP contribution is 2.08. The lowest BCUT2D eigenvalue weighted by molar-refractivity contribution is 0.114. The molecule has 1 aliphatic rings. The van der Waals surface area contributed by atoms with E-state index in [4.69, 9.17) is 13.9 Å². The van der Waals surface area contributed by atoms with Crippen molar-refractivity contribution in [3.05, 3.63) is 0 Å². The van der Waals surface area contributed by atoms with Crippen LogP contribution in [0.3, 0.4) is 0 Å². The van der Waals surface area contributed by atoms with E-state index in [9.17, 15) is 0 Å². The molecule has 0 radical (unpaired) electrons. The molecule has 1 atom stereocenters. The molecule has 0 bridgehead atoms. The van der Waals surface area contributed by atoms with Crippen LogP contribution >= 0.6 is 0 Å². The van der Waals surface area contributed by atoms with E-state index >= 15 is 0 Å². The molecule has 1 unspecified atom stereocenters. The van der Waals surface area contributed by atoms with Gasteiger partial charge < -0.3 is 13.9 Å². The van der Waals surface area contributed by atoms with Crippen LogP contribution in [0.25, 0.3) is 0 Å². The third-order valence-electron chi connectivity index (χ3n) is 1.84. The Balaban J connectivity index is 1.65. The first-order chi connectivity index (χ1) is 5.93. The highest BCUT2D eigenvalue weighted by atomic mass is 28.2. The maximum atomic E-state index is 5.39. The fourth-order valence-corrected chi connectivity index (χ4v) is 1.85. The normalized spacial score (nSPS) is 22.2. The Kier molecular flexibility index (Phi) is 5.59. The number of hydrogen-bond acceptors (Lipinski definition) is 3. The van der Waals surface area contributed by atoms with Crippen LogP contribution < -0.4 is 0 Å². The zero-order chi connectivity index (χ0) is 8.65.